The van der Waals surface area contributed by atoms with Crippen molar-refractivity contribution in [2.45, 2.75) is 161 Å². The molecule has 0 aliphatic rings. The average Bonchev–Trinajstić information content (AvgIpc) is 0.789. The highest BCUT2D eigenvalue weighted by Crippen LogP contribution is 2.26. The minimum atomic E-state index is -4.54. The van der Waals surface area contributed by atoms with E-state index in [1.165, 1.54) is 12.4 Å². The Morgan fingerprint density at radius 2 is 0.887 bits per heavy atom. The number of amides is 8. The number of H-pyrrole nitrogens is 2. The maximum atomic E-state index is 13.9. The van der Waals surface area contributed by atoms with Crippen molar-refractivity contribution in [3.05, 3.63) is 174 Å². The van der Waals surface area contributed by atoms with E-state index < -0.39 is 91.3 Å². The van der Waals surface area contributed by atoms with Crippen LogP contribution in [0.2, 0.25) is 0 Å². The number of carboxylic acids is 2. The van der Waals surface area contributed by atoms with Gasteiger partial charge in [0, 0.05) is 185 Å². The number of anilines is 2. The van der Waals surface area contributed by atoms with Gasteiger partial charge in [-0.15, -0.1) is 0 Å². The first-order valence-electron chi connectivity index (χ1n) is 40.4. The Morgan fingerprint density at radius 3 is 1.28 bits per heavy atom. The van der Waals surface area contributed by atoms with Crippen molar-refractivity contribution in [3.8, 4) is 0 Å². The highest BCUT2D eigenvalue weighted by Gasteiger charge is 2.31. The van der Waals surface area contributed by atoms with Crippen LogP contribution in [0.25, 0.3) is 21.8 Å². The first-order chi connectivity index (χ1) is 59.2. The van der Waals surface area contributed by atoms with E-state index in [9.17, 15) is 84.6 Å². The first-order valence-corrected chi connectivity index (χ1v) is 43.3. The van der Waals surface area contributed by atoms with Crippen LogP contribution in [0.5, 0.6) is 0 Å². The molecule has 0 aliphatic carbocycles. The highest BCUT2D eigenvalue weighted by molar-refractivity contribution is 7.90. The van der Waals surface area contributed by atoms with Gasteiger partial charge in [0.25, 0.3) is 27.7 Å². The smallest absolute Gasteiger partial charge is 0.353 e. The molecule has 41 heteroatoms. The Kier molecular flexibility index (Phi) is 37.0. The number of imidazole rings is 2. The van der Waals surface area contributed by atoms with Crippen molar-refractivity contribution in [3.63, 3.8) is 0 Å². The SMILES string of the molecule is Cc1cc(C)c(S(=O)(=O)N=C(CNC(=O)c2cn(CCCNC(=O)CCC(=O)NCCCOCCCNC(=O)C(=N)CCC(=O)NCCCOCCCNC(=O)CCC(=O)NCCCn3cc(C(=O)NC[C@H](NS(=O)(=O)c4c(C)cc(C)cc4C)C(=O)O)c(=O)c4ccc(CNc5ncc[nH]5)cc43)c3cc(CNc4ncc[nH]4)ccc3c2=O)C(=O)O)c(C)c1. The van der Waals surface area contributed by atoms with Gasteiger partial charge < -0.3 is 92.0 Å². The molecule has 0 saturated heterocycles. The third-order valence-electron chi connectivity index (χ3n) is 19.3. The van der Waals surface area contributed by atoms with E-state index >= 15 is 0 Å². The second kappa shape index (κ2) is 47.5. The molecule has 8 amide bonds. The van der Waals surface area contributed by atoms with Crippen molar-refractivity contribution in [1.29, 1.82) is 5.41 Å². The van der Waals surface area contributed by atoms with E-state index in [1.807, 2.05) is 0 Å². The molecule has 4 heterocycles. The number of rotatable bonds is 53. The molecule has 0 spiro atoms. The van der Waals surface area contributed by atoms with Crippen molar-refractivity contribution < 1.29 is 84.5 Å². The average molecular weight is 1760 g/mol. The lowest BCUT2D eigenvalue weighted by Gasteiger charge is -2.19. The van der Waals surface area contributed by atoms with E-state index in [0.29, 0.717) is 123 Å². The number of hydrogen-bond donors (Lipinski definition) is 16. The van der Waals surface area contributed by atoms with Crippen molar-refractivity contribution in [2.24, 2.45) is 4.40 Å². The van der Waals surface area contributed by atoms with Gasteiger partial charge in [-0.05, 0) is 138 Å². The Bertz CT molecular complexity index is 5530. The van der Waals surface area contributed by atoms with Gasteiger partial charge in [0.2, 0.25) is 50.4 Å². The van der Waals surface area contributed by atoms with E-state index in [-0.39, 0.29) is 152 Å². The topological polar surface area (TPSA) is 568 Å². The molecule has 124 heavy (non-hydrogen) atoms. The van der Waals surface area contributed by atoms with Crippen LogP contribution < -0.4 is 68.7 Å². The zero-order valence-corrected chi connectivity index (χ0v) is 71.5. The number of aromatic amines is 2. The molecule has 4 aromatic carbocycles. The maximum Gasteiger partial charge on any atom is 0.353 e. The monoisotopic (exact) mass is 1750 g/mol. The third-order valence-corrected chi connectivity index (χ3v) is 22.7. The van der Waals surface area contributed by atoms with Gasteiger partial charge in [-0.1, -0.05) is 47.5 Å². The van der Waals surface area contributed by atoms with E-state index in [4.69, 9.17) is 14.9 Å². The maximum absolute atomic E-state index is 13.9. The molecule has 0 saturated carbocycles. The third kappa shape index (κ3) is 30.0. The summed E-state index contributed by atoms with van der Waals surface area (Å²) < 4.78 is 74.0. The number of fused-ring (bicyclic) bond motifs is 2. The number of nitrogens with zero attached hydrogens (tertiary/aromatic N) is 5. The molecular formula is C83H107N19O20S2. The number of ether oxygens (including phenoxy) is 2. The van der Waals surface area contributed by atoms with E-state index in [1.54, 1.807) is 136 Å². The van der Waals surface area contributed by atoms with Crippen LogP contribution in [-0.2, 0) is 94.1 Å². The molecule has 39 nitrogen and oxygen atoms in total. The molecular weight excluding hydrogens is 1650 g/mol. The minimum absolute atomic E-state index is 0.0779. The zero-order chi connectivity index (χ0) is 90.0. The lowest BCUT2D eigenvalue weighted by atomic mass is 10.1. The minimum Gasteiger partial charge on any atom is -0.480 e. The second-order valence-electron chi connectivity index (χ2n) is 29.4. The van der Waals surface area contributed by atoms with Gasteiger partial charge in [0.15, 0.2) is 17.6 Å². The predicted molar refractivity (Wildman–Crippen MR) is 461 cm³/mol. The van der Waals surface area contributed by atoms with Gasteiger partial charge >= 0.3 is 11.9 Å². The van der Waals surface area contributed by atoms with Gasteiger partial charge in [0.1, 0.15) is 17.2 Å². The van der Waals surface area contributed by atoms with Gasteiger partial charge in [0.05, 0.1) is 33.1 Å². The standard InChI is InChI=1S/C83H107N19O20S2/c1-51-39-53(3)75(54(4)40-51)123(117,118)99-64(80(113)114)47-95-77(110)61-49-101(66-43-57(13-15-59(66)73(61)108)45-97-82-91-29-30-92-82)33-7-23-85-69(104)19-21-71(106)88-26-10-36-121-35-9-25-87-68(103)18-17-63(84)79(112)90-28-12-38-122-37-11-27-89-72(107)22-20-70(105)86-24-8-34-102-50-62(74(109)60-16-14-58(44-67(60)102)46-98-83-93-31-32-94-83)78(111)96-48-65(81(115)116)100-124(119,120)76-55(5)41-52(2)42-56(76)6/h13-16,29-32,39-44,49-50,64,84,99H,7-12,17-28,33-38,45-48H2,1-6H3,(H,85,104)(H,86,105)(H,87,103)(H,88,106)(H,89,107)(H,90,112)(H,95,110)(H,96,111)(H,113,114)(H,115,116)(H2,91,92,97)(H2,93,94,98)/t64-/m0/s1. The number of nitrogens with one attached hydrogen (secondary N) is 14. The fourth-order valence-corrected chi connectivity index (χ4v) is 16.6. The van der Waals surface area contributed by atoms with Crippen LogP contribution in [0.1, 0.15) is 142 Å². The molecule has 8 aromatic rings. The van der Waals surface area contributed by atoms with Crippen LogP contribution in [-0.4, -0.2) is 212 Å². The summed E-state index contributed by atoms with van der Waals surface area (Å²) in [6.07, 6.45) is 11.0. The predicted octanol–water partition coefficient (Wildman–Crippen LogP) is 3.77. The number of aliphatic carboxylic acids is 2. The fourth-order valence-electron chi connectivity index (χ4n) is 13.5. The molecule has 8 rings (SSSR count). The quantitative estimate of drug-likeness (QED) is 0.0190. The first kappa shape index (κ1) is 96.6. The number of aryl methyl sites for hydroxylation is 8. The number of pyridine rings is 2. The Morgan fingerprint density at radius 1 is 0.500 bits per heavy atom. The summed E-state index contributed by atoms with van der Waals surface area (Å²) in [7, 11) is -8.91. The molecule has 1 atom stereocenters. The molecule has 0 radical (unpaired) electrons. The summed E-state index contributed by atoms with van der Waals surface area (Å²) >= 11 is 0. The molecule has 0 fully saturated rings. The lowest BCUT2D eigenvalue weighted by molar-refractivity contribution is -0.139. The zero-order valence-electron chi connectivity index (χ0n) is 69.9. The molecule has 0 unspecified atom stereocenters. The van der Waals surface area contributed by atoms with Crippen LogP contribution in [0.15, 0.2) is 122 Å². The summed E-state index contributed by atoms with van der Waals surface area (Å²) in [5, 5.41) is 55.9. The number of benzene rings is 4. The fraction of sp³-hybridized carbons (Fsp3) is 0.422. The van der Waals surface area contributed by atoms with Crippen molar-refractivity contribution in [1.82, 2.24) is 76.3 Å². The number of sulfonamides is 2. The second-order valence-corrected chi connectivity index (χ2v) is 32.6. The highest BCUT2D eigenvalue weighted by atomic mass is 32.2. The summed E-state index contributed by atoms with van der Waals surface area (Å²) in [6.45, 7) is 11.9. The Labute approximate surface area is 715 Å². The number of aromatic nitrogens is 6. The Balaban J connectivity index is 0.633. The largest absolute Gasteiger partial charge is 0.480 e. The van der Waals surface area contributed by atoms with Gasteiger partial charge in [-0.3, -0.25) is 58.1 Å². The van der Waals surface area contributed by atoms with Crippen LogP contribution in [0, 0.1) is 47.0 Å². The number of carboxylic acid groups (broad SMARTS) is 2. The van der Waals surface area contributed by atoms with E-state index in [0.717, 1.165) is 22.3 Å². The molecule has 4 aromatic heterocycles. The molecule has 16 N–H and O–H groups in total. The number of carbonyl (C=O) groups excluding carboxylic acids is 8. The van der Waals surface area contributed by atoms with Crippen molar-refractivity contribution >= 4 is 124 Å². The summed E-state index contributed by atoms with van der Waals surface area (Å²) in [5.74, 6) is -6.62. The number of hydrogen-bond acceptors (Lipinski definition) is 23. The molecule has 0 bridgehead atoms. The summed E-state index contributed by atoms with van der Waals surface area (Å²) in [4.78, 5) is 170. The van der Waals surface area contributed by atoms with Gasteiger partial charge in [-0.2, -0.15) is 17.5 Å². The lowest BCUT2D eigenvalue weighted by Crippen LogP contribution is -2.49. The molecule has 0 aliphatic heterocycles. The summed E-state index contributed by atoms with van der Waals surface area (Å²) in [5.41, 5.74) is 2.37. The van der Waals surface area contributed by atoms with Crippen LogP contribution >= 0.6 is 0 Å². The van der Waals surface area contributed by atoms with E-state index in [2.05, 4.69) is 82.2 Å². The van der Waals surface area contributed by atoms with Crippen molar-refractivity contribution in [2.75, 3.05) is 89.4 Å². The van der Waals surface area contributed by atoms with Crippen LogP contribution in [0.4, 0.5) is 11.9 Å². The summed E-state index contributed by atoms with van der Waals surface area (Å²) in [6, 6.07) is 14.8. The normalized spacial score (nSPS) is 11.8. The van der Waals surface area contributed by atoms with Gasteiger partial charge in [-0.25, -0.2) is 23.2 Å². The Hall–Kier alpha value is -12.9. The number of carbonyl (C=O) groups is 10. The van der Waals surface area contributed by atoms with Crippen LogP contribution in [0.3, 0.4) is 0 Å². The molecule has 666 valence electrons.